The lowest BCUT2D eigenvalue weighted by Crippen LogP contribution is -2.32. The van der Waals surface area contributed by atoms with E-state index in [0.717, 1.165) is 29.7 Å². The number of carbonyl (C=O) groups is 1. The van der Waals surface area contributed by atoms with E-state index in [1.54, 1.807) is 6.92 Å². The number of nitrogen functional groups attached to an aromatic ring is 1. The molecule has 1 aromatic carbocycles. The van der Waals surface area contributed by atoms with Gasteiger partial charge in [0.2, 0.25) is 5.95 Å². The Balaban J connectivity index is 1.72. The number of fused-ring (bicyclic) bond motifs is 1. The lowest BCUT2D eigenvalue weighted by Gasteiger charge is -2.24. The summed E-state index contributed by atoms with van der Waals surface area (Å²) in [6.45, 7) is 2.49. The van der Waals surface area contributed by atoms with Crippen LogP contribution in [0.25, 0.3) is 11.0 Å². The molecule has 2 aromatic heterocycles. The Labute approximate surface area is 145 Å². The van der Waals surface area contributed by atoms with E-state index in [1.165, 1.54) is 6.20 Å². The monoisotopic (exact) mass is 336 g/mol. The van der Waals surface area contributed by atoms with Crippen LogP contribution in [0.4, 0.5) is 5.95 Å². The van der Waals surface area contributed by atoms with Crippen molar-refractivity contribution < 1.29 is 4.79 Å². The fourth-order valence-electron chi connectivity index (χ4n) is 3.59. The van der Waals surface area contributed by atoms with Gasteiger partial charge in [0.1, 0.15) is 5.82 Å². The largest absolute Gasteiger partial charge is 0.368 e. The molecule has 0 unspecified atom stereocenters. The Bertz CT molecular complexity index is 963. The summed E-state index contributed by atoms with van der Waals surface area (Å²) in [4.78, 5) is 27.8. The second kappa shape index (κ2) is 5.84. The number of anilines is 1. The smallest absolute Gasteiger partial charge is 0.257 e. The molecule has 3 heterocycles. The molecule has 25 heavy (non-hydrogen) atoms. The first kappa shape index (κ1) is 15.6. The minimum Gasteiger partial charge on any atom is -0.368 e. The lowest BCUT2D eigenvalue weighted by molar-refractivity contribution is 0.0727. The van der Waals surface area contributed by atoms with Crippen LogP contribution in [-0.4, -0.2) is 36.9 Å². The third-order valence-corrected chi connectivity index (χ3v) is 4.86. The number of nitrogens with two attached hydrogens (primary N) is 1. The number of amides is 1. The number of aromatic nitrogens is 4. The van der Waals surface area contributed by atoms with E-state index in [9.17, 15) is 4.79 Å². The van der Waals surface area contributed by atoms with Crippen LogP contribution >= 0.6 is 0 Å². The molecule has 7 nitrogen and oxygen atoms in total. The molecule has 1 saturated heterocycles. The van der Waals surface area contributed by atoms with Gasteiger partial charge in [-0.15, -0.1) is 0 Å². The summed E-state index contributed by atoms with van der Waals surface area (Å²) in [5, 5.41) is 0. The van der Waals surface area contributed by atoms with E-state index in [1.807, 2.05) is 36.2 Å². The first-order valence-corrected chi connectivity index (χ1v) is 8.37. The molecule has 4 rings (SSSR count). The number of benzene rings is 1. The van der Waals surface area contributed by atoms with Crippen molar-refractivity contribution in [2.45, 2.75) is 25.8 Å². The van der Waals surface area contributed by atoms with E-state index in [2.05, 4.69) is 14.5 Å². The molecule has 2 N–H and O–H groups in total. The molecule has 0 spiro atoms. The number of rotatable bonds is 2. The van der Waals surface area contributed by atoms with Crippen LogP contribution in [0.15, 0.2) is 30.5 Å². The Morgan fingerprint density at radius 3 is 2.84 bits per heavy atom. The van der Waals surface area contributed by atoms with Crippen molar-refractivity contribution in [3.8, 4) is 0 Å². The molecule has 128 valence electrons. The molecule has 1 amide bonds. The van der Waals surface area contributed by atoms with Gasteiger partial charge in [-0.25, -0.2) is 15.0 Å². The fourth-order valence-corrected chi connectivity index (χ4v) is 3.59. The van der Waals surface area contributed by atoms with Crippen molar-refractivity contribution in [1.29, 1.82) is 0 Å². The molecule has 3 aromatic rings. The number of nitrogens with zero attached hydrogens (tertiary/aromatic N) is 5. The minimum atomic E-state index is -0.0629. The van der Waals surface area contributed by atoms with Gasteiger partial charge in [0.15, 0.2) is 0 Å². The standard InChI is InChI=1S/C18H20N6O/c1-11-12(10-20-18(19)21-11)17(25)24-9-5-8-15(24)16-22-13-6-3-4-7-14(13)23(16)2/h3-4,6-7,10,15H,5,8-9H2,1-2H3,(H2,19,20,21)/t15-/m0/s1. The summed E-state index contributed by atoms with van der Waals surface area (Å²) >= 11 is 0. The predicted molar refractivity (Wildman–Crippen MR) is 94.9 cm³/mol. The van der Waals surface area contributed by atoms with Crippen molar-refractivity contribution in [1.82, 2.24) is 24.4 Å². The molecular weight excluding hydrogens is 316 g/mol. The maximum atomic E-state index is 13.1. The summed E-state index contributed by atoms with van der Waals surface area (Å²) < 4.78 is 2.08. The van der Waals surface area contributed by atoms with Crippen LogP contribution in [0.1, 0.15) is 40.8 Å². The highest BCUT2D eigenvalue weighted by Crippen LogP contribution is 2.34. The summed E-state index contributed by atoms with van der Waals surface area (Å²) in [6, 6.07) is 7.98. The quantitative estimate of drug-likeness (QED) is 0.775. The number of aryl methyl sites for hydroxylation is 2. The molecule has 0 radical (unpaired) electrons. The van der Waals surface area contributed by atoms with Gasteiger partial charge in [0.25, 0.3) is 5.91 Å². The number of hydrogen-bond acceptors (Lipinski definition) is 5. The molecule has 0 aliphatic carbocycles. The Morgan fingerprint density at radius 2 is 2.08 bits per heavy atom. The number of carbonyl (C=O) groups excluding carboxylic acids is 1. The van der Waals surface area contributed by atoms with Crippen LogP contribution in [0.3, 0.4) is 0 Å². The minimum absolute atomic E-state index is 0.0400. The first-order chi connectivity index (χ1) is 12.1. The van der Waals surface area contributed by atoms with Crippen molar-refractivity contribution in [3.05, 3.63) is 47.5 Å². The van der Waals surface area contributed by atoms with Gasteiger partial charge in [0.05, 0.1) is 28.3 Å². The van der Waals surface area contributed by atoms with Gasteiger partial charge < -0.3 is 15.2 Å². The average molecular weight is 336 g/mol. The number of imidazole rings is 1. The highest BCUT2D eigenvalue weighted by atomic mass is 16.2. The molecule has 1 aliphatic heterocycles. The van der Waals surface area contributed by atoms with Gasteiger partial charge in [-0.2, -0.15) is 0 Å². The molecule has 0 bridgehead atoms. The molecule has 7 heteroatoms. The Kier molecular flexibility index (Phi) is 3.63. The number of likely N-dealkylation sites (tertiary alicyclic amines) is 1. The third kappa shape index (κ3) is 2.52. The fraction of sp³-hybridized carbons (Fsp3) is 0.333. The molecule has 1 atom stereocenters. The maximum Gasteiger partial charge on any atom is 0.257 e. The Morgan fingerprint density at radius 1 is 1.28 bits per heavy atom. The van der Waals surface area contributed by atoms with Gasteiger partial charge in [-0.1, -0.05) is 12.1 Å². The van der Waals surface area contributed by atoms with Crippen molar-refractivity contribution in [3.63, 3.8) is 0 Å². The normalized spacial score (nSPS) is 17.4. The zero-order valence-corrected chi connectivity index (χ0v) is 14.3. The van der Waals surface area contributed by atoms with Crippen LogP contribution in [0.2, 0.25) is 0 Å². The predicted octanol–water partition coefficient (Wildman–Crippen LogP) is 2.23. The maximum absolute atomic E-state index is 13.1. The van der Waals surface area contributed by atoms with Crippen LogP contribution in [0.5, 0.6) is 0 Å². The zero-order valence-electron chi connectivity index (χ0n) is 14.3. The highest BCUT2D eigenvalue weighted by Gasteiger charge is 2.34. The first-order valence-electron chi connectivity index (χ1n) is 8.37. The van der Waals surface area contributed by atoms with Crippen LogP contribution in [0, 0.1) is 6.92 Å². The lowest BCUT2D eigenvalue weighted by atomic mass is 10.1. The number of hydrogen-bond donors (Lipinski definition) is 1. The second-order valence-corrected chi connectivity index (χ2v) is 6.40. The summed E-state index contributed by atoms with van der Waals surface area (Å²) in [7, 11) is 2.00. The van der Waals surface area contributed by atoms with Crippen molar-refractivity contribution in [2.75, 3.05) is 12.3 Å². The summed E-state index contributed by atoms with van der Waals surface area (Å²) in [5.74, 6) is 1.04. The highest BCUT2D eigenvalue weighted by molar-refractivity contribution is 5.95. The van der Waals surface area contributed by atoms with Crippen LogP contribution < -0.4 is 5.73 Å². The third-order valence-electron chi connectivity index (χ3n) is 4.86. The zero-order chi connectivity index (χ0) is 17.6. The topological polar surface area (TPSA) is 89.9 Å². The molecule has 1 fully saturated rings. The van der Waals surface area contributed by atoms with Crippen molar-refractivity contribution in [2.24, 2.45) is 7.05 Å². The molecular formula is C18H20N6O. The molecule has 0 saturated carbocycles. The van der Waals surface area contributed by atoms with Gasteiger partial charge in [0, 0.05) is 19.8 Å². The van der Waals surface area contributed by atoms with Gasteiger partial charge >= 0.3 is 0 Å². The van der Waals surface area contributed by atoms with E-state index >= 15 is 0 Å². The van der Waals surface area contributed by atoms with E-state index in [-0.39, 0.29) is 17.9 Å². The van der Waals surface area contributed by atoms with E-state index in [0.29, 0.717) is 17.8 Å². The summed E-state index contributed by atoms with van der Waals surface area (Å²) in [6.07, 6.45) is 3.37. The average Bonchev–Trinajstić information content (AvgIpc) is 3.19. The van der Waals surface area contributed by atoms with Gasteiger partial charge in [-0.05, 0) is 31.9 Å². The number of para-hydroxylation sites is 2. The van der Waals surface area contributed by atoms with Crippen LogP contribution in [-0.2, 0) is 7.05 Å². The second-order valence-electron chi connectivity index (χ2n) is 6.40. The Hall–Kier alpha value is -2.96. The summed E-state index contributed by atoms with van der Waals surface area (Å²) in [5.41, 5.74) is 8.73. The SMILES string of the molecule is Cc1nc(N)ncc1C(=O)N1CCC[C@H]1c1nc2ccccc2n1C. The van der Waals surface area contributed by atoms with E-state index < -0.39 is 0 Å². The van der Waals surface area contributed by atoms with E-state index in [4.69, 9.17) is 10.7 Å². The molecule has 1 aliphatic rings. The van der Waals surface area contributed by atoms with Crippen molar-refractivity contribution >= 4 is 22.9 Å². The van der Waals surface area contributed by atoms with Gasteiger partial charge in [-0.3, -0.25) is 4.79 Å².